The van der Waals surface area contributed by atoms with Crippen molar-refractivity contribution in [3.63, 3.8) is 0 Å². The van der Waals surface area contributed by atoms with Gasteiger partial charge in [0.15, 0.2) is 11.8 Å². The van der Waals surface area contributed by atoms with E-state index in [0.29, 0.717) is 18.1 Å². The molecular formula is C24H25N3O4S. The van der Waals surface area contributed by atoms with Crippen LogP contribution in [-0.4, -0.2) is 61.2 Å². The number of amides is 1. The lowest BCUT2D eigenvalue weighted by Gasteiger charge is -2.37. The predicted octanol–water partition coefficient (Wildman–Crippen LogP) is 3.71. The molecule has 0 bridgehead atoms. The molecule has 1 saturated heterocycles. The van der Waals surface area contributed by atoms with E-state index in [1.54, 1.807) is 24.3 Å². The van der Waals surface area contributed by atoms with Crippen molar-refractivity contribution in [3.8, 4) is 16.3 Å². The summed E-state index contributed by atoms with van der Waals surface area (Å²) in [5, 5.41) is 2.35. The van der Waals surface area contributed by atoms with E-state index in [9.17, 15) is 9.59 Å². The molecule has 1 aromatic heterocycles. The van der Waals surface area contributed by atoms with Gasteiger partial charge in [-0.3, -0.25) is 4.79 Å². The molecule has 2 aromatic carbocycles. The molecule has 1 atom stereocenters. The standard InChI is InChI=1S/C24H25N3O4S/c1-17(23(28)27-14-12-26(13-15-27)19-6-4-3-5-7-19)31-24(29)21-16-32-22(25-21)18-8-10-20(30-2)11-9-18/h3-11,16-17H,12-15H2,1-2H3. The minimum Gasteiger partial charge on any atom is -0.497 e. The summed E-state index contributed by atoms with van der Waals surface area (Å²) in [7, 11) is 1.61. The summed E-state index contributed by atoms with van der Waals surface area (Å²) in [5.41, 5.74) is 2.24. The zero-order valence-electron chi connectivity index (χ0n) is 18.1. The highest BCUT2D eigenvalue weighted by atomic mass is 32.1. The highest BCUT2D eigenvalue weighted by molar-refractivity contribution is 7.13. The number of carbonyl (C=O) groups excluding carboxylic acids is 2. The molecule has 166 valence electrons. The highest BCUT2D eigenvalue weighted by Crippen LogP contribution is 2.26. The van der Waals surface area contributed by atoms with Gasteiger partial charge in [-0.25, -0.2) is 9.78 Å². The SMILES string of the molecule is COc1ccc(-c2nc(C(=O)OC(C)C(=O)N3CCN(c4ccccc4)CC3)cs2)cc1. The molecule has 2 heterocycles. The molecule has 1 fully saturated rings. The number of ether oxygens (including phenoxy) is 2. The molecule has 0 N–H and O–H groups in total. The molecule has 0 radical (unpaired) electrons. The number of rotatable bonds is 6. The fourth-order valence-electron chi connectivity index (χ4n) is 3.59. The number of piperazine rings is 1. The molecule has 0 aliphatic carbocycles. The smallest absolute Gasteiger partial charge is 0.358 e. The molecule has 0 saturated carbocycles. The maximum absolute atomic E-state index is 12.8. The summed E-state index contributed by atoms with van der Waals surface area (Å²) in [4.78, 5) is 33.7. The van der Waals surface area contributed by atoms with Gasteiger partial charge < -0.3 is 19.3 Å². The normalized spacial score (nSPS) is 14.7. The van der Waals surface area contributed by atoms with Crippen LogP contribution >= 0.6 is 11.3 Å². The first-order valence-electron chi connectivity index (χ1n) is 10.4. The van der Waals surface area contributed by atoms with E-state index in [4.69, 9.17) is 9.47 Å². The van der Waals surface area contributed by atoms with Crippen molar-refractivity contribution < 1.29 is 19.1 Å². The van der Waals surface area contributed by atoms with Crippen molar-refractivity contribution in [1.82, 2.24) is 9.88 Å². The van der Waals surface area contributed by atoms with Crippen molar-refractivity contribution in [2.75, 3.05) is 38.2 Å². The van der Waals surface area contributed by atoms with Crippen LogP contribution in [0, 0.1) is 0 Å². The summed E-state index contributed by atoms with van der Waals surface area (Å²) in [6, 6.07) is 17.6. The Labute approximate surface area is 191 Å². The van der Waals surface area contributed by atoms with Gasteiger partial charge in [0, 0.05) is 42.8 Å². The highest BCUT2D eigenvalue weighted by Gasteiger charge is 2.28. The number of methoxy groups -OCH3 is 1. The van der Waals surface area contributed by atoms with Crippen molar-refractivity contribution in [2.45, 2.75) is 13.0 Å². The van der Waals surface area contributed by atoms with Crippen LogP contribution in [0.25, 0.3) is 10.6 Å². The molecule has 3 aromatic rings. The lowest BCUT2D eigenvalue weighted by atomic mass is 10.2. The van der Waals surface area contributed by atoms with Crippen molar-refractivity contribution in [3.05, 3.63) is 65.7 Å². The number of benzene rings is 2. The van der Waals surface area contributed by atoms with Crippen molar-refractivity contribution in [2.24, 2.45) is 0 Å². The Hall–Kier alpha value is -3.39. The van der Waals surface area contributed by atoms with Gasteiger partial charge in [-0.15, -0.1) is 11.3 Å². The number of nitrogens with zero attached hydrogens (tertiary/aromatic N) is 3. The van der Waals surface area contributed by atoms with Gasteiger partial charge in [0.2, 0.25) is 0 Å². The van der Waals surface area contributed by atoms with Crippen LogP contribution in [0.15, 0.2) is 60.0 Å². The Morgan fingerprint density at radius 3 is 2.34 bits per heavy atom. The van der Waals surface area contributed by atoms with Crippen LogP contribution in [0.2, 0.25) is 0 Å². The Morgan fingerprint density at radius 2 is 1.69 bits per heavy atom. The van der Waals surface area contributed by atoms with Gasteiger partial charge in [-0.1, -0.05) is 18.2 Å². The molecule has 1 amide bonds. The summed E-state index contributed by atoms with van der Waals surface area (Å²) < 4.78 is 10.6. The molecule has 7 nitrogen and oxygen atoms in total. The maximum atomic E-state index is 12.8. The molecule has 1 unspecified atom stereocenters. The van der Waals surface area contributed by atoms with E-state index in [-0.39, 0.29) is 11.6 Å². The number of thiazole rings is 1. The Morgan fingerprint density at radius 1 is 1.00 bits per heavy atom. The van der Waals surface area contributed by atoms with Gasteiger partial charge in [0.1, 0.15) is 10.8 Å². The monoisotopic (exact) mass is 451 g/mol. The number of para-hydroxylation sites is 1. The van der Waals surface area contributed by atoms with E-state index >= 15 is 0 Å². The predicted molar refractivity (Wildman–Crippen MR) is 124 cm³/mol. The van der Waals surface area contributed by atoms with Crippen molar-refractivity contribution in [1.29, 1.82) is 0 Å². The average Bonchev–Trinajstić information content (AvgIpc) is 3.35. The van der Waals surface area contributed by atoms with Gasteiger partial charge in [0.05, 0.1) is 7.11 Å². The second-order valence-electron chi connectivity index (χ2n) is 7.46. The van der Waals surface area contributed by atoms with Gasteiger partial charge >= 0.3 is 5.97 Å². The molecular weight excluding hydrogens is 426 g/mol. The number of hydrogen-bond donors (Lipinski definition) is 0. The fourth-order valence-corrected chi connectivity index (χ4v) is 4.38. The lowest BCUT2D eigenvalue weighted by Crippen LogP contribution is -2.51. The minimum atomic E-state index is -0.864. The Balaban J connectivity index is 1.31. The summed E-state index contributed by atoms with van der Waals surface area (Å²) in [6.45, 7) is 4.28. The minimum absolute atomic E-state index is 0.184. The first kappa shape index (κ1) is 21.8. The van der Waals surface area contributed by atoms with Gasteiger partial charge in [-0.2, -0.15) is 0 Å². The molecule has 1 aliphatic heterocycles. The van der Waals surface area contributed by atoms with Crippen LogP contribution in [0.1, 0.15) is 17.4 Å². The number of anilines is 1. The summed E-state index contributed by atoms with van der Waals surface area (Å²) in [6.07, 6.45) is -0.864. The van der Waals surface area contributed by atoms with Gasteiger partial charge in [0.25, 0.3) is 5.91 Å². The fraction of sp³-hybridized carbons (Fsp3) is 0.292. The third-order valence-corrected chi connectivity index (χ3v) is 6.29. The van der Waals surface area contributed by atoms with Gasteiger partial charge in [-0.05, 0) is 43.3 Å². The van der Waals surface area contributed by atoms with Crippen LogP contribution in [0.3, 0.4) is 0 Å². The number of esters is 1. The zero-order valence-corrected chi connectivity index (χ0v) is 18.9. The molecule has 4 rings (SSSR count). The average molecular weight is 452 g/mol. The molecule has 8 heteroatoms. The van der Waals surface area contributed by atoms with E-state index < -0.39 is 12.1 Å². The topological polar surface area (TPSA) is 72.0 Å². The lowest BCUT2D eigenvalue weighted by molar-refractivity contribution is -0.140. The Kier molecular flexibility index (Phi) is 6.70. The number of hydrogen-bond acceptors (Lipinski definition) is 7. The second-order valence-corrected chi connectivity index (χ2v) is 8.32. The number of carbonyl (C=O) groups is 2. The van der Waals surface area contributed by atoms with Crippen LogP contribution in [0.4, 0.5) is 5.69 Å². The first-order valence-corrected chi connectivity index (χ1v) is 11.3. The van der Waals surface area contributed by atoms with E-state index in [1.165, 1.54) is 11.3 Å². The first-order chi connectivity index (χ1) is 15.5. The summed E-state index contributed by atoms with van der Waals surface area (Å²) >= 11 is 1.35. The van der Waals surface area contributed by atoms with Crippen molar-refractivity contribution >= 4 is 28.9 Å². The molecule has 32 heavy (non-hydrogen) atoms. The van der Waals surface area contributed by atoms with E-state index in [0.717, 1.165) is 30.1 Å². The third kappa shape index (κ3) is 4.91. The van der Waals surface area contributed by atoms with Crippen LogP contribution < -0.4 is 9.64 Å². The number of aromatic nitrogens is 1. The summed E-state index contributed by atoms with van der Waals surface area (Å²) in [5.74, 6) is -0.0247. The zero-order chi connectivity index (χ0) is 22.5. The van der Waals surface area contributed by atoms with E-state index in [1.807, 2.05) is 42.5 Å². The largest absolute Gasteiger partial charge is 0.497 e. The maximum Gasteiger partial charge on any atom is 0.358 e. The molecule has 1 aliphatic rings. The third-order valence-electron chi connectivity index (χ3n) is 5.39. The molecule has 0 spiro atoms. The van der Waals surface area contributed by atoms with Crippen LogP contribution in [-0.2, 0) is 9.53 Å². The Bertz CT molecular complexity index is 1060. The van der Waals surface area contributed by atoms with E-state index in [2.05, 4.69) is 22.0 Å². The quantitative estimate of drug-likeness (QED) is 0.532. The van der Waals surface area contributed by atoms with Crippen LogP contribution in [0.5, 0.6) is 5.75 Å². The second kappa shape index (κ2) is 9.82.